The summed E-state index contributed by atoms with van der Waals surface area (Å²) in [6.45, 7) is 2.14. The van der Waals surface area contributed by atoms with Crippen molar-refractivity contribution in [3.05, 3.63) is 46.6 Å². The molecule has 3 aliphatic heterocycles. The first-order valence-corrected chi connectivity index (χ1v) is 16.2. The summed E-state index contributed by atoms with van der Waals surface area (Å²) in [6.07, 6.45) is -24.3. The minimum absolute atomic E-state index is 0.130. The largest absolute Gasteiger partial charge is 0.508 e. The lowest BCUT2D eigenvalue weighted by molar-refractivity contribution is -0.367. The number of rotatable bonds is 8. The average Bonchev–Trinajstić information content (AvgIpc) is 3.10. The maximum absolute atomic E-state index is 13.7. The summed E-state index contributed by atoms with van der Waals surface area (Å²) in [7, 11) is 0. The molecule has 0 bridgehead atoms. The van der Waals surface area contributed by atoms with Gasteiger partial charge in [-0.05, 0) is 38.1 Å². The highest BCUT2D eigenvalue weighted by Gasteiger charge is 2.51. The first-order valence-electron chi connectivity index (χ1n) is 16.2. The van der Waals surface area contributed by atoms with E-state index in [0.29, 0.717) is 0 Å². The summed E-state index contributed by atoms with van der Waals surface area (Å²) in [5, 5.41) is 114. The molecule has 15 atom stereocenters. The number of fused-ring (bicyclic) bond motifs is 1. The highest BCUT2D eigenvalue weighted by Crippen LogP contribution is 2.38. The lowest BCUT2D eigenvalue weighted by atomic mass is 9.97. The quantitative estimate of drug-likeness (QED) is 0.113. The van der Waals surface area contributed by atoms with E-state index in [1.165, 1.54) is 38.1 Å². The molecule has 286 valence electrons. The number of ether oxygens (including phenoxy) is 6. The Hall–Kier alpha value is -3.67. The van der Waals surface area contributed by atoms with Crippen molar-refractivity contribution < 1.29 is 89.0 Å². The number of aliphatic hydroxyl groups is 8. The lowest BCUT2D eigenvalue weighted by Crippen LogP contribution is -2.64. The van der Waals surface area contributed by atoms with Crippen LogP contribution in [-0.4, -0.2) is 155 Å². The van der Waals surface area contributed by atoms with Crippen LogP contribution >= 0.6 is 0 Å². The van der Waals surface area contributed by atoms with Crippen LogP contribution in [0.4, 0.5) is 0 Å². The van der Waals surface area contributed by atoms with E-state index in [0.717, 1.165) is 12.1 Å². The van der Waals surface area contributed by atoms with Gasteiger partial charge < -0.3 is 89.0 Å². The molecule has 4 heterocycles. The van der Waals surface area contributed by atoms with Crippen LogP contribution in [0.1, 0.15) is 13.8 Å². The van der Waals surface area contributed by atoms with Gasteiger partial charge in [-0.15, -0.1) is 0 Å². The molecule has 52 heavy (non-hydrogen) atoms. The van der Waals surface area contributed by atoms with Crippen molar-refractivity contribution in [3.8, 4) is 34.3 Å². The number of hydrogen-bond donors (Lipinski definition) is 11. The molecule has 0 saturated carbocycles. The van der Waals surface area contributed by atoms with E-state index in [1.54, 1.807) is 0 Å². The normalized spacial score (nSPS) is 38.3. The minimum atomic E-state index is -1.99. The number of hydrogen-bond acceptors (Lipinski definition) is 19. The van der Waals surface area contributed by atoms with Crippen molar-refractivity contribution in [1.82, 2.24) is 0 Å². The molecule has 0 amide bonds. The summed E-state index contributed by atoms with van der Waals surface area (Å²) >= 11 is 0. The van der Waals surface area contributed by atoms with Crippen LogP contribution in [0.3, 0.4) is 0 Å². The van der Waals surface area contributed by atoms with Gasteiger partial charge in [-0.25, -0.2) is 0 Å². The second-order valence-electron chi connectivity index (χ2n) is 12.9. The predicted molar refractivity (Wildman–Crippen MR) is 170 cm³/mol. The van der Waals surface area contributed by atoms with E-state index in [4.69, 9.17) is 32.8 Å². The fraction of sp³-hybridized carbons (Fsp3) is 0.545. The smallest absolute Gasteiger partial charge is 0.239 e. The van der Waals surface area contributed by atoms with E-state index in [2.05, 4.69) is 0 Å². The number of aromatic hydroxyl groups is 3. The molecule has 11 N–H and O–H groups in total. The van der Waals surface area contributed by atoms with Crippen molar-refractivity contribution in [3.63, 3.8) is 0 Å². The number of phenolic OH excluding ortho intramolecular Hbond substituents is 3. The van der Waals surface area contributed by atoms with Crippen LogP contribution in [-0.2, 0) is 23.7 Å². The highest BCUT2D eigenvalue weighted by atomic mass is 16.8. The Balaban J connectivity index is 1.26. The van der Waals surface area contributed by atoms with E-state index in [-0.39, 0.29) is 22.7 Å². The van der Waals surface area contributed by atoms with Gasteiger partial charge in [0.2, 0.25) is 17.5 Å². The molecule has 0 spiro atoms. The molecule has 0 aliphatic carbocycles. The van der Waals surface area contributed by atoms with Crippen molar-refractivity contribution in [2.75, 3.05) is 6.61 Å². The van der Waals surface area contributed by atoms with E-state index < -0.39 is 127 Å². The van der Waals surface area contributed by atoms with Gasteiger partial charge in [0, 0.05) is 17.7 Å². The van der Waals surface area contributed by atoms with Crippen LogP contribution in [0.25, 0.3) is 22.3 Å². The molecule has 3 saturated heterocycles. The summed E-state index contributed by atoms with van der Waals surface area (Å²) < 4.78 is 40.0. The Kier molecular flexibility index (Phi) is 11.0. The highest BCUT2D eigenvalue weighted by molar-refractivity contribution is 5.88. The predicted octanol–water partition coefficient (Wildman–Crippen LogP) is -2.54. The molecule has 3 aromatic rings. The van der Waals surface area contributed by atoms with Gasteiger partial charge in [0.05, 0.1) is 18.8 Å². The van der Waals surface area contributed by atoms with Gasteiger partial charge >= 0.3 is 0 Å². The summed E-state index contributed by atoms with van der Waals surface area (Å²) in [5.74, 6) is -2.15. The molecular formula is C33H40O19. The van der Waals surface area contributed by atoms with Crippen LogP contribution in [0.2, 0.25) is 0 Å². The summed E-state index contributed by atoms with van der Waals surface area (Å²) in [5.41, 5.74) is -1.07. The molecule has 19 heteroatoms. The third kappa shape index (κ3) is 7.16. The second kappa shape index (κ2) is 15.0. The van der Waals surface area contributed by atoms with Crippen LogP contribution in [0.5, 0.6) is 23.0 Å². The maximum Gasteiger partial charge on any atom is 0.239 e. The molecule has 19 nitrogen and oxygen atoms in total. The molecule has 3 aliphatic rings. The van der Waals surface area contributed by atoms with Gasteiger partial charge in [-0.1, -0.05) is 0 Å². The van der Waals surface area contributed by atoms with E-state index >= 15 is 0 Å². The van der Waals surface area contributed by atoms with Gasteiger partial charge in [-0.2, -0.15) is 0 Å². The van der Waals surface area contributed by atoms with E-state index in [1.807, 2.05) is 0 Å². The Morgan fingerprint density at radius 1 is 0.654 bits per heavy atom. The molecular weight excluding hydrogens is 700 g/mol. The van der Waals surface area contributed by atoms with Crippen molar-refractivity contribution in [1.29, 1.82) is 0 Å². The number of aliphatic hydroxyl groups excluding tert-OH is 8. The molecule has 6 rings (SSSR count). The zero-order valence-corrected chi connectivity index (χ0v) is 27.5. The molecule has 1 aromatic heterocycles. The van der Waals surface area contributed by atoms with Crippen LogP contribution in [0, 0.1) is 0 Å². The van der Waals surface area contributed by atoms with Crippen LogP contribution < -0.4 is 10.2 Å². The molecule has 3 fully saturated rings. The Labute approximate surface area is 293 Å². The third-order valence-electron chi connectivity index (χ3n) is 9.26. The third-order valence-corrected chi connectivity index (χ3v) is 9.26. The zero-order chi connectivity index (χ0) is 37.8. The molecule has 2 aromatic carbocycles. The Bertz CT molecular complexity index is 1770. The fourth-order valence-corrected chi connectivity index (χ4v) is 6.20. The Morgan fingerprint density at radius 3 is 1.92 bits per heavy atom. The first-order chi connectivity index (χ1) is 24.6. The number of benzene rings is 2. The van der Waals surface area contributed by atoms with Gasteiger partial charge in [-0.3, -0.25) is 4.79 Å². The second-order valence-corrected chi connectivity index (χ2v) is 12.9. The lowest BCUT2D eigenvalue weighted by Gasteiger charge is -2.46. The summed E-state index contributed by atoms with van der Waals surface area (Å²) in [6, 6.07) is 7.22. The summed E-state index contributed by atoms with van der Waals surface area (Å²) in [4.78, 5) is 13.7. The van der Waals surface area contributed by atoms with Crippen molar-refractivity contribution in [2.45, 2.75) is 106 Å². The minimum Gasteiger partial charge on any atom is -0.508 e. The van der Waals surface area contributed by atoms with Gasteiger partial charge in [0.15, 0.2) is 18.3 Å². The maximum atomic E-state index is 13.7. The van der Waals surface area contributed by atoms with Gasteiger partial charge in [0.25, 0.3) is 0 Å². The zero-order valence-electron chi connectivity index (χ0n) is 27.5. The number of phenols is 3. The molecule has 0 radical (unpaired) electrons. The standard InChI is InChI=1S/C33H40O19/c1-10-19(37)23(41)26(44)31(47-10)52-30-25(43)20(38)11(2)48-33(30)46-9-17-21(39)24(42)27(45)32(50-17)51-29-22(40)18-15(36)7-14(35)8-16(18)49-28(29)12-3-5-13(34)6-4-12/h3-8,10-11,17,19-21,23-27,30-39,41-45H,9H2,1-2H3/t10-,11+,17+,19+,20+,21-,23+,24+,25-,26+,27+,30+,31-,32+,33+/m0/s1. The van der Waals surface area contributed by atoms with Gasteiger partial charge in [0.1, 0.15) is 89.3 Å². The first kappa shape index (κ1) is 38.1. The SMILES string of the molecule is C[C@@H]1O[C@@H](O[C@H]2[C@H](OC[C@H]3O[C@H](Oc4c(-c5ccc(O)cc5)oc5cc(O)cc(O)c5c4=O)[C@H](O)[C@H](O)[C@H]3O)O[C@H](C)[C@@H](O)[C@@H]2O)[C@H](O)[C@H](O)[C@@H]1O. The monoisotopic (exact) mass is 740 g/mol. The topological polar surface area (TPSA) is 308 Å². The van der Waals surface area contributed by atoms with Crippen molar-refractivity contribution in [2.24, 2.45) is 0 Å². The average molecular weight is 741 g/mol. The Morgan fingerprint density at radius 2 is 1.25 bits per heavy atom. The van der Waals surface area contributed by atoms with Crippen LogP contribution in [0.15, 0.2) is 45.6 Å². The molecule has 0 unspecified atom stereocenters. The van der Waals surface area contributed by atoms with Crippen molar-refractivity contribution >= 4 is 11.0 Å². The van der Waals surface area contributed by atoms with E-state index in [9.17, 15) is 61.0 Å². The fourth-order valence-electron chi connectivity index (χ4n) is 6.20.